The summed E-state index contributed by atoms with van der Waals surface area (Å²) in [7, 11) is 0. The van der Waals surface area contributed by atoms with Crippen LogP contribution < -0.4 is 0 Å². The van der Waals surface area contributed by atoms with E-state index in [2.05, 4.69) is 0 Å². The summed E-state index contributed by atoms with van der Waals surface area (Å²) in [5, 5.41) is 9.23. The standard InChI is InChI=1S/C15H14O3S/c1-2-18-15(17)11-4-3-5-14(10-11)19-13-8-6-12(16)7-9-13/h3-10,16H,2H2,1H3. The molecule has 0 aliphatic carbocycles. The molecule has 0 aromatic heterocycles. The van der Waals surface area contributed by atoms with Gasteiger partial charge in [0.1, 0.15) is 5.75 Å². The van der Waals surface area contributed by atoms with Crippen molar-refractivity contribution in [3.63, 3.8) is 0 Å². The molecule has 0 amide bonds. The van der Waals surface area contributed by atoms with Gasteiger partial charge in [0, 0.05) is 9.79 Å². The second kappa shape index (κ2) is 6.29. The molecule has 0 saturated carbocycles. The molecule has 98 valence electrons. The third-order valence-corrected chi connectivity index (χ3v) is 3.42. The monoisotopic (exact) mass is 274 g/mol. The summed E-state index contributed by atoms with van der Waals surface area (Å²) >= 11 is 1.53. The average Bonchev–Trinajstić information content (AvgIpc) is 2.42. The Morgan fingerprint density at radius 2 is 1.89 bits per heavy atom. The zero-order valence-electron chi connectivity index (χ0n) is 10.5. The fourth-order valence-corrected chi connectivity index (χ4v) is 2.43. The van der Waals surface area contributed by atoms with Gasteiger partial charge in [-0.25, -0.2) is 4.79 Å². The molecule has 3 nitrogen and oxygen atoms in total. The molecule has 0 saturated heterocycles. The summed E-state index contributed by atoms with van der Waals surface area (Å²) in [4.78, 5) is 13.6. The lowest BCUT2D eigenvalue weighted by Gasteiger charge is -2.05. The minimum atomic E-state index is -0.310. The van der Waals surface area contributed by atoms with Crippen LogP contribution in [0.2, 0.25) is 0 Å². The Morgan fingerprint density at radius 1 is 1.16 bits per heavy atom. The van der Waals surface area contributed by atoms with Crippen LogP contribution >= 0.6 is 11.8 Å². The first-order chi connectivity index (χ1) is 9.19. The first-order valence-corrected chi connectivity index (χ1v) is 6.75. The molecule has 2 rings (SSSR count). The maximum absolute atomic E-state index is 11.6. The van der Waals surface area contributed by atoms with E-state index in [0.717, 1.165) is 9.79 Å². The van der Waals surface area contributed by atoms with Gasteiger partial charge in [-0.2, -0.15) is 0 Å². The van der Waals surface area contributed by atoms with Crippen LogP contribution in [-0.2, 0) is 4.74 Å². The molecule has 2 aromatic rings. The number of hydrogen-bond donors (Lipinski definition) is 1. The van der Waals surface area contributed by atoms with E-state index in [4.69, 9.17) is 4.74 Å². The van der Waals surface area contributed by atoms with Gasteiger partial charge >= 0.3 is 5.97 Å². The number of carbonyl (C=O) groups is 1. The number of phenolic OH excluding ortho intramolecular Hbond substituents is 1. The summed E-state index contributed by atoms with van der Waals surface area (Å²) in [6, 6.07) is 14.2. The normalized spacial score (nSPS) is 10.2. The first kappa shape index (κ1) is 13.5. The number of phenols is 1. The average molecular weight is 274 g/mol. The number of carbonyl (C=O) groups excluding carboxylic acids is 1. The van der Waals surface area contributed by atoms with E-state index in [9.17, 15) is 9.90 Å². The van der Waals surface area contributed by atoms with Crippen LogP contribution in [0.25, 0.3) is 0 Å². The second-order valence-electron chi connectivity index (χ2n) is 3.84. The Morgan fingerprint density at radius 3 is 2.58 bits per heavy atom. The summed E-state index contributed by atoms with van der Waals surface area (Å²) in [5.74, 6) is -0.0692. The topological polar surface area (TPSA) is 46.5 Å². The van der Waals surface area contributed by atoms with Crippen molar-refractivity contribution in [1.82, 2.24) is 0 Å². The Hall–Kier alpha value is -1.94. The van der Waals surface area contributed by atoms with Gasteiger partial charge in [0.2, 0.25) is 0 Å². The van der Waals surface area contributed by atoms with Gasteiger partial charge in [0.25, 0.3) is 0 Å². The van der Waals surface area contributed by atoms with Crippen molar-refractivity contribution < 1.29 is 14.6 Å². The quantitative estimate of drug-likeness (QED) is 0.863. The number of benzene rings is 2. The van der Waals surface area contributed by atoms with Gasteiger partial charge in [0.05, 0.1) is 12.2 Å². The Kier molecular flexibility index (Phi) is 4.47. The molecular formula is C15H14O3S. The van der Waals surface area contributed by atoms with Crippen LogP contribution in [0.3, 0.4) is 0 Å². The highest BCUT2D eigenvalue weighted by atomic mass is 32.2. The zero-order chi connectivity index (χ0) is 13.7. The van der Waals surface area contributed by atoms with E-state index in [-0.39, 0.29) is 11.7 Å². The lowest BCUT2D eigenvalue weighted by molar-refractivity contribution is 0.0526. The molecule has 0 fully saturated rings. The molecule has 0 heterocycles. The lowest BCUT2D eigenvalue weighted by atomic mass is 10.2. The van der Waals surface area contributed by atoms with E-state index in [0.29, 0.717) is 12.2 Å². The Bertz CT molecular complexity index is 564. The van der Waals surface area contributed by atoms with Crippen molar-refractivity contribution in [2.24, 2.45) is 0 Å². The van der Waals surface area contributed by atoms with Crippen molar-refractivity contribution in [3.8, 4) is 5.75 Å². The van der Waals surface area contributed by atoms with Crippen LogP contribution in [0.15, 0.2) is 58.3 Å². The van der Waals surface area contributed by atoms with Gasteiger partial charge in [-0.3, -0.25) is 0 Å². The predicted octanol–water partition coefficient (Wildman–Crippen LogP) is 3.72. The number of rotatable bonds is 4. The summed E-state index contributed by atoms with van der Waals surface area (Å²) in [5.41, 5.74) is 0.547. The van der Waals surface area contributed by atoms with Crippen LogP contribution in [0, 0.1) is 0 Å². The fourth-order valence-electron chi connectivity index (χ4n) is 1.55. The van der Waals surface area contributed by atoms with E-state index in [1.807, 2.05) is 24.3 Å². The summed E-state index contributed by atoms with van der Waals surface area (Å²) in [6.07, 6.45) is 0. The van der Waals surface area contributed by atoms with Crippen LogP contribution in [0.1, 0.15) is 17.3 Å². The molecule has 0 atom stereocenters. The van der Waals surface area contributed by atoms with E-state index >= 15 is 0 Å². The maximum Gasteiger partial charge on any atom is 0.338 e. The van der Waals surface area contributed by atoms with Crippen molar-refractivity contribution >= 4 is 17.7 Å². The highest BCUT2D eigenvalue weighted by Gasteiger charge is 2.07. The molecule has 2 aromatic carbocycles. The molecule has 0 aliphatic heterocycles. The van der Waals surface area contributed by atoms with Gasteiger partial charge in [-0.1, -0.05) is 17.8 Å². The van der Waals surface area contributed by atoms with Gasteiger partial charge in [-0.15, -0.1) is 0 Å². The molecular weight excluding hydrogens is 260 g/mol. The Balaban J connectivity index is 2.15. The van der Waals surface area contributed by atoms with E-state index in [1.54, 1.807) is 31.2 Å². The van der Waals surface area contributed by atoms with Crippen LogP contribution in [-0.4, -0.2) is 17.7 Å². The lowest BCUT2D eigenvalue weighted by Crippen LogP contribution is -2.04. The molecule has 19 heavy (non-hydrogen) atoms. The summed E-state index contributed by atoms with van der Waals surface area (Å²) < 4.78 is 4.97. The van der Waals surface area contributed by atoms with Crippen molar-refractivity contribution in [1.29, 1.82) is 0 Å². The number of hydrogen-bond acceptors (Lipinski definition) is 4. The Labute approximate surface area is 116 Å². The van der Waals surface area contributed by atoms with Crippen molar-refractivity contribution in [2.75, 3.05) is 6.61 Å². The number of esters is 1. The van der Waals surface area contributed by atoms with E-state index in [1.165, 1.54) is 11.8 Å². The minimum absolute atomic E-state index is 0.240. The first-order valence-electron chi connectivity index (χ1n) is 5.93. The van der Waals surface area contributed by atoms with Crippen molar-refractivity contribution in [2.45, 2.75) is 16.7 Å². The molecule has 0 bridgehead atoms. The molecule has 4 heteroatoms. The van der Waals surface area contributed by atoms with Crippen LogP contribution in [0.5, 0.6) is 5.75 Å². The van der Waals surface area contributed by atoms with Gasteiger partial charge < -0.3 is 9.84 Å². The molecule has 0 radical (unpaired) electrons. The largest absolute Gasteiger partial charge is 0.508 e. The summed E-state index contributed by atoms with van der Waals surface area (Å²) in [6.45, 7) is 2.15. The minimum Gasteiger partial charge on any atom is -0.508 e. The van der Waals surface area contributed by atoms with E-state index < -0.39 is 0 Å². The molecule has 1 N–H and O–H groups in total. The zero-order valence-corrected chi connectivity index (χ0v) is 11.3. The number of aromatic hydroxyl groups is 1. The van der Waals surface area contributed by atoms with Crippen LogP contribution in [0.4, 0.5) is 0 Å². The highest BCUT2D eigenvalue weighted by Crippen LogP contribution is 2.29. The third-order valence-electron chi connectivity index (χ3n) is 2.42. The molecule has 0 spiro atoms. The van der Waals surface area contributed by atoms with Crippen molar-refractivity contribution in [3.05, 3.63) is 54.1 Å². The fraction of sp³-hybridized carbons (Fsp3) is 0.133. The van der Waals surface area contributed by atoms with Gasteiger partial charge in [0.15, 0.2) is 0 Å². The SMILES string of the molecule is CCOC(=O)c1cccc(Sc2ccc(O)cc2)c1. The second-order valence-corrected chi connectivity index (χ2v) is 4.99. The number of ether oxygens (including phenoxy) is 1. The molecule has 0 unspecified atom stereocenters. The highest BCUT2D eigenvalue weighted by molar-refractivity contribution is 7.99. The molecule has 0 aliphatic rings. The smallest absolute Gasteiger partial charge is 0.338 e. The predicted molar refractivity (Wildman–Crippen MR) is 74.6 cm³/mol. The third kappa shape index (κ3) is 3.76. The van der Waals surface area contributed by atoms with Gasteiger partial charge in [-0.05, 0) is 49.4 Å². The maximum atomic E-state index is 11.6.